The first-order valence-corrected chi connectivity index (χ1v) is 10.9. The van der Waals surface area contributed by atoms with Gasteiger partial charge in [-0.1, -0.05) is 67.6 Å². The molecule has 2 aliphatic carbocycles. The molecule has 4 aromatic rings. The van der Waals surface area contributed by atoms with E-state index in [0.717, 1.165) is 12.1 Å². The lowest BCUT2D eigenvalue weighted by Gasteiger charge is -2.37. The molecule has 140 valence electrons. The van der Waals surface area contributed by atoms with Gasteiger partial charge >= 0.3 is 0 Å². The molecule has 0 saturated carbocycles. The van der Waals surface area contributed by atoms with Crippen molar-refractivity contribution >= 4 is 43.3 Å². The number of thiophene rings is 1. The van der Waals surface area contributed by atoms with Crippen molar-refractivity contribution in [3.63, 3.8) is 0 Å². The van der Waals surface area contributed by atoms with Crippen LogP contribution in [0.5, 0.6) is 0 Å². The second kappa shape index (κ2) is 6.20. The molecule has 0 amide bonds. The molecule has 0 saturated heterocycles. The highest BCUT2D eigenvalue weighted by Crippen LogP contribution is 2.45. The molecule has 29 heavy (non-hydrogen) atoms. The minimum absolute atomic E-state index is 0.0596. The van der Waals surface area contributed by atoms with Crippen LogP contribution in [0, 0.1) is 0 Å². The number of nitrogens with one attached hydrogen (secondary N) is 1. The molecule has 0 radical (unpaired) electrons. The normalized spacial score (nSPS) is 20.2. The van der Waals surface area contributed by atoms with E-state index in [-0.39, 0.29) is 5.41 Å². The van der Waals surface area contributed by atoms with Gasteiger partial charge in [0.05, 0.1) is 0 Å². The summed E-state index contributed by atoms with van der Waals surface area (Å²) in [5.41, 5.74) is 6.53. The second-order valence-corrected chi connectivity index (χ2v) is 9.23. The average Bonchev–Trinajstić information content (AvgIpc) is 3.12. The van der Waals surface area contributed by atoms with E-state index in [4.69, 9.17) is 0 Å². The Hall–Kier alpha value is -3.10. The average molecular weight is 392 g/mol. The molecule has 1 atom stereocenters. The molecule has 1 N–H and O–H groups in total. The number of hydrogen-bond donors (Lipinski definition) is 1. The van der Waals surface area contributed by atoms with Crippen LogP contribution >= 0.6 is 11.3 Å². The van der Waals surface area contributed by atoms with Gasteiger partial charge in [0.2, 0.25) is 0 Å². The maximum atomic E-state index is 3.66. The van der Waals surface area contributed by atoms with Gasteiger partial charge in [0.15, 0.2) is 0 Å². The van der Waals surface area contributed by atoms with E-state index >= 15 is 0 Å². The maximum absolute atomic E-state index is 3.66. The summed E-state index contributed by atoms with van der Waals surface area (Å²) in [6.45, 7) is 2.36. The molecule has 1 heterocycles. The Morgan fingerprint density at radius 1 is 0.862 bits per heavy atom. The standard InChI is InChI=1S/C27H21NS/c1-27-15-14-21(16-19(27)11-10-18-6-2-4-8-24(18)27)28-20-12-13-26-23(17-20)22-7-3-5-9-25(22)29-26/h2-14,16-17,28H,15H2,1H3. The first kappa shape index (κ1) is 16.8. The van der Waals surface area contributed by atoms with Crippen molar-refractivity contribution in [3.05, 3.63) is 107 Å². The second-order valence-electron chi connectivity index (χ2n) is 8.15. The Bertz CT molecular complexity index is 1370. The van der Waals surface area contributed by atoms with Gasteiger partial charge in [-0.15, -0.1) is 11.3 Å². The Kier molecular flexibility index (Phi) is 3.60. The summed E-state index contributed by atoms with van der Waals surface area (Å²) in [6.07, 6.45) is 10.2. The van der Waals surface area contributed by atoms with E-state index in [1.165, 1.54) is 42.6 Å². The zero-order valence-corrected chi connectivity index (χ0v) is 17.1. The van der Waals surface area contributed by atoms with Gasteiger partial charge in [0.1, 0.15) is 0 Å². The van der Waals surface area contributed by atoms with Crippen LogP contribution in [0.2, 0.25) is 0 Å². The van der Waals surface area contributed by atoms with Crippen molar-refractivity contribution in [3.8, 4) is 0 Å². The Balaban J connectivity index is 1.35. The number of fused-ring (bicyclic) bond motifs is 6. The molecule has 1 nitrogen and oxygen atoms in total. The zero-order chi connectivity index (χ0) is 19.4. The summed E-state index contributed by atoms with van der Waals surface area (Å²) in [5.74, 6) is 0. The summed E-state index contributed by atoms with van der Waals surface area (Å²) < 4.78 is 2.69. The lowest BCUT2D eigenvalue weighted by Crippen LogP contribution is -2.29. The summed E-state index contributed by atoms with van der Waals surface area (Å²) in [5, 5.41) is 6.33. The number of anilines is 1. The third-order valence-electron chi connectivity index (χ3n) is 6.34. The number of hydrogen-bond acceptors (Lipinski definition) is 2. The first-order valence-electron chi connectivity index (χ1n) is 10.1. The van der Waals surface area contributed by atoms with Crippen LogP contribution in [0.25, 0.3) is 26.2 Å². The van der Waals surface area contributed by atoms with Crippen molar-refractivity contribution < 1.29 is 0 Å². The van der Waals surface area contributed by atoms with E-state index in [0.29, 0.717) is 0 Å². The third kappa shape index (κ3) is 2.60. The van der Waals surface area contributed by atoms with E-state index < -0.39 is 0 Å². The maximum Gasteiger partial charge on any atom is 0.0391 e. The minimum Gasteiger partial charge on any atom is -0.356 e. The highest BCUT2D eigenvalue weighted by Gasteiger charge is 2.34. The van der Waals surface area contributed by atoms with Gasteiger partial charge < -0.3 is 5.32 Å². The lowest BCUT2D eigenvalue weighted by molar-refractivity contribution is 0.566. The Morgan fingerprint density at radius 3 is 2.66 bits per heavy atom. The van der Waals surface area contributed by atoms with E-state index in [9.17, 15) is 0 Å². The van der Waals surface area contributed by atoms with Gasteiger partial charge in [0.25, 0.3) is 0 Å². The number of rotatable bonds is 2. The Labute approximate surface area is 174 Å². The smallest absolute Gasteiger partial charge is 0.0391 e. The fourth-order valence-corrected chi connectivity index (χ4v) is 5.78. The van der Waals surface area contributed by atoms with Crippen molar-refractivity contribution in [2.24, 2.45) is 0 Å². The molecule has 2 aliphatic rings. The summed E-state index contributed by atoms with van der Waals surface area (Å²) >= 11 is 1.86. The van der Waals surface area contributed by atoms with Crippen LogP contribution in [0.3, 0.4) is 0 Å². The molecule has 1 aromatic heterocycles. The predicted molar refractivity (Wildman–Crippen MR) is 127 cm³/mol. The topological polar surface area (TPSA) is 12.0 Å². The largest absolute Gasteiger partial charge is 0.356 e. The summed E-state index contributed by atoms with van der Waals surface area (Å²) in [6, 6.07) is 24.1. The molecule has 2 heteroatoms. The van der Waals surface area contributed by atoms with Crippen molar-refractivity contribution in [1.29, 1.82) is 0 Å². The highest BCUT2D eigenvalue weighted by molar-refractivity contribution is 7.25. The fourth-order valence-electron chi connectivity index (χ4n) is 4.70. The molecular weight excluding hydrogens is 370 g/mol. The SMILES string of the molecule is CC12CC=C(Nc3ccc4sc5ccccc5c4c3)C=C1C=Cc1ccccc12. The van der Waals surface area contributed by atoms with Crippen LogP contribution < -0.4 is 5.32 Å². The third-order valence-corrected chi connectivity index (χ3v) is 7.49. The summed E-state index contributed by atoms with van der Waals surface area (Å²) in [4.78, 5) is 0. The van der Waals surface area contributed by atoms with Crippen LogP contribution in [-0.2, 0) is 5.41 Å². The monoisotopic (exact) mass is 391 g/mol. The number of benzene rings is 3. The highest BCUT2D eigenvalue weighted by atomic mass is 32.1. The zero-order valence-electron chi connectivity index (χ0n) is 16.3. The van der Waals surface area contributed by atoms with Crippen LogP contribution in [0.4, 0.5) is 5.69 Å². The number of allylic oxidation sites excluding steroid dienone is 4. The van der Waals surface area contributed by atoms with E-state index in [1.54, 1.807) is 0 Å². The lowest BCUT2D eigenvalue weighted by atomic mass is 9.67. The fraction of sp³-hybridized carbons (Fsp3) is 0.111. The quantitative estimate of drug-likeness (QED) is 0.370. The first-order chi connectivity index (χ1) is 14.2. The van der Waals surface area contributed by atoms with Crippen LogP contribution in [0.15, 0.2) is 96.2 Å². The minimum atomic E-state index is 0.0596. The van der Waals surface area contributed by atoms with E-state index in [1.807, 2.05) is 11.3 Å². The molecule has 0 fully saturated rings. The van der Waals surface area contributed by atoms with Crippen molar-refractivity contribution in [2.45, 2.75) is 18.8 Å². The molecule has 3 aromatic carbocycles. The van der Waals surface area contributed by atoms with Gasteiger partial charge in [0, 0.05) is 37.0 Å². The van der Waals surface area contributed by atoms with Gasteiger partial charge in [-0.05, 0) is 53.5 Å². The van der Waals surface area contributed by atoms with Crippen LogP contribution in [0.1, 0.15) is 24.5 Å². The van der Waals surface area contributed by atoms with Gasteiger partial charge in [-0.3, -0.25) is 0 Å². The summed E-state index contributed by atoms with van der Waals surface area (Å²) in [7, 11) is 0. The predicted octanol–water partition coefficient (Wildman–Crippen LogP) is 7.67. The molecule has 0 aliphatic heterocycles. The van der Waals surface area contributed by atoms with Gasteiger partial charge in [-0.25, -0.2) is 0 Å². The van der Waals surface area contributed by atoms with Gasteiger partial charge in [-0.2, -0.15) is 0 Å². The van der Waals surface area contributed by atoms with Crippen molar-refractivity contribution in [2.75, 3.05) is 5.32 Å². The molecular formula is C27H21NS. The molecule has 1 unspecified atom stereocenters. The molecule has 6 rings (SSSR count). The van der Waals surface area contributed by atoms with Crippen molar-refractivity contribution in [1.82, 2.24) is 0 Å². The molecule has 0 spiro atoms. The van der Waals surface area contributed by atoms with Crippen LogP contribution in [-0.4, -0.2) is 0 Å². The Morgan fingerprint density at radius 2 is 1.69 bits per heavy atom. The van der Waals surface area contributed by atoms with E-state index in [2.05, 4.69) is 103 Å². The molecule has 0 bridgehead atoms.